The van der Waals surface area contributed by atoms with E-state index in [4.69, 9.17) is 4.74 Å². The third-order valence-corrected chi connectivity index (χ3v) is 5.98. The molecule has 0 aliphatic heterocycles. The van der Waals surface area contributed by atoms with Gasteiger partial charge >= 0.3 is 5.97 Å². The third-order valence-electron chi connectivity index (χ3n) is 4.82. The Hall–Kier alpha value is -4.42. The topological polar surface area (TPSA) is 126 Å². The van der Waals surface area contributed by atoms with Crippen molar-refractivity contribution >= 4 is 34.2 Å². The molecule has 1 heterocycles. The fraction of sp³-hybridized carbons (Fsp3) is 0.0417. The lowest BCUT2D eigenvalue weighted by molar-refractivity contribution is -0.385. The third kappa shape index (κ3) is 4.61. The molecule has 0 radical (unpaired) electrons. The monoisotopic (exact) mass is 457 g/mol. The molecule has 33 heavy (non-hydrogen) atoms. The standard InChI is InChI=1S/C24H15N3O5S/c25-13-15-8-9-20(17-5-2-1-4-16(15)17)32-21-14-26-11-10-23(21)33-22-7-3-6-19(27(30)31)18(22)12-24(28)29/h1-11,14H,12H2,(H,28,29). The Bertz CT molecular complexity index is 1430. The van der Waals surface area contributed by atoms with Crippen molar-refractivity contribution in [2.45, 2.75) is 16.2 Å². The zero-order valence-electron chi connectivity index (χ0n) is 17.0. The zero-order chi connectivity index (χ0) is 23.4. The summed E-state index contributed by atoms with van der Waals surface area (Å²) in [6.45, 7) is 0. The molecule has 4 rings (SSSR count). The number of nitro groups is 1. The normalized spacial score (nSPS) is 10.5. The van der Waals surface area contributed by atoms with E-state index in [0.717, 1.165) is 22.5 Å². The maximum absolute atomic E-state index is 11.4. The van der Waals surface area contributed by atoms with Gasteiger partial charge in [-0.1, -0.05) is 42.1 Å². The molecule has 0 fully saturated rings. The first-order valence-electron chi connectivity index (χ1n) is 9.67. The SMILES string of the molecule is N#Cc1ccc(Oc2cnccc2Sc2cccc([N+](=O)[O-])c2CC(=O)O)c2ccccc12. The molecule has 0 amide bonds. The van der Waals surface area contributed by atoms with Crippen LogP contribution in [-0.2, 0) is 11.2 Å². The average molecular weight is 457 g/mol. The summed E-state index contributed by atoms with van der Waals surface area (Å²) < 4.78 is 6.15. The molecule has 3 aromatic carbocycles. The molecule has 162 valence electrons. The van der Waals surface area contributed by atoms with Crippen LogP contribution in [0.15, 0.2) is 82.8 Å². The van der Waals surface area contributed by atoms with Crippen LogP contribution >= 0.6 is 11.8 Å². The summed E-state index contributed by atoms with van der Waals surface area (Å²) in [5.41, 5.74) is 0.386. The van der Waals surface area contributed by atoms with Gasteiger partial charge in [0.15, 0.2) is 5.75 Å². The number of carboxylic acid groups (broad SMARTS) is 1. The minimum Gasteiger partial charge on any atom is -0.481 e. The van der Waals surface area contributed by atoms with E-state index in [1.54, 1.807) is 30.5 Å². The minimum atomic E-state index is -1.17. The van der Waals surface area contributed by atoms with Crippen LogP contribution in [0.1, 0.15) is 11.1 Å². The number of aliphatic carboxylic acids is 1. The quantitative estimate of drug-likeness (QED) is 0.281. The number of hydrogen-bond acceptors (Lipinski definition) is 7. The first kappa shape index (κ1) is 21.8. The number of nitriles is 1. The van der Waals surface area contributed by atoms with Crippen molar-refractivity contribution in [1.29, 1.82) is 5.26 Å². The van der Waals surface area contributed by atoms with Gasteiger partial charge in [0.05, 0.1) is 39.6 Å². The molecule has 0 saturated carbocycles. The average Bonchev–Trinajstić information content (AvgIpc) is 2.81. The Morgan fingerprint density at radius 3 is 2.58 bits per heavy atom. The second kappa shape index (κ2) is 9.38. The summed E-state index contributed by atoms with van der Waals surface area (Å²) >= 11 is 1.16. The number of carboxylic acids is 1. The predicted molar refractivity (Wildman–Crippen MR) is 122 cm³/mol. The summed E-state index contributed by atoms with van der Waals surface area (Å²) in [6, 6.07) is 19.0. The maximum Gasteiger partial charge on any atom is 0.308 e. The number of benzene rings is 3. The Morgan fingerprint density at radius 1 is 1.06 bits per heavy atom. The van der Waals surface area contributed by atoms with Crippen LogP contribution < -0.4 is 4.74 Å². The Kier molecular flexibility index (Phi) is 6.20. The molecule has 0 bridgehead atoms. The van der Waals surface area contributed by atoms with Gasteiger partial charge in [0.1, 0.15) is 5.75 Å². The minimum absolute atomic E-state index is 0.117. The van der Waals surface area contributed by atoms with Crippen LogP contribution in [-0.4, -0.2) is 21.0 Å². The van der Waals surface area contributed by atoms with Crippen molar-refractivity contribution in [3.63, 3.8) is 0 Å². The van der Waals surface area contributed by atoms with E-state index in [-0.39, 0.29) is 11.3 Å². The van der Waals surface area contributed by atoms with Crippen molar-refractivity contribution in [2.75, 3.05) is 0 Å². The summed E-state index contributed by atoms with van der Waals surface area (Å²) in [5.74, 6) is -0.254. The van der Waals surface area contributed by atoms with Crippen LogP contribution in [0.4, 0.5) is 5.69 Å². The molecule has 9 heteroatoms. The fourth-order valence-electron chi connectivity index (χ4n) is 3.37. The Labute approximate surface area is 192 Å². The predicted octanol–water partition coefficient (Wildman–Crippen LogP) is 5.59. The van der Waals surface area contributed by atoms with E-state index < -0.39 is 17.3 Å². The number of rotatable bonds is 7. The van der Waals surface area contributed by atoms with Gasteiger partial charge in [-0.05, 0) is 24.3 Å². The van der Waals surface area contributed by atoms with Crippen LogP contribution in [0.2, 0.25) is 0 Å². The molecule has 0 unspecified atom stereocenters. The Balaban J connectivity index is 1.75. The molecule has 8 nitrogen and oxygen atoms in total. The highest BCUT2D eigenvalue weighted by atomic mass is 32.2. The van der Waals surface area contributed by atoms with E-state index in [1.807, 2.05) is 24.3 Å². The number of ether oxygens (including phenoxy) is 1. The summed E-state index contributed by atoms with van der Waals surface area (Å²) in [5, 5.41) is 31.6. The van der Waals surface area contributed by atoms with Gasteiger partial charge in [0.25, 0.3) is 5.69 Å². The second-order valence-corrected chi connectivity index (χ2v) is 7.96. The first-order valence-corrected chi connectivity index (χ1v) is 10.5. The van der Waals surface area contributed by atoms with Gasteiger partial charge in [0.2, 0.25) is 0 Å². The lowest BCUT2D eigenvalue weighted by Gasteiger charge is -2.14. The molecular formula is C24H15N3O5S. The van der Waals surface area contributed by atoms with E-state index in [9.17, 15) is 25.3 Å². The van der Waals surface area contributed by atoms with Crippen molar-refractivity contribution < 1.29 is 19.6 Å². The van der Waals surface area contributed by atoms with Gasteiger partial charge < -0.3 is 9.84 Å². The molecule has 0 atom stereocenters. The highest BCUT2D eigenvalue weighted by molar-refractivity contribution is 7.99. The molecular weight excluding hydrogens is 442 g/mol. The number of nitro benzene ring substituents is 1. The largest absolute Gasteiger partial charge is 0.481 e. The first-order chi connectivity index (χ1) is 16.0. The summed E-state index contributed by atoms with van der Waals surface area (Å²) in [6.07, 6.45) is 2.59. The number of carbonyl (C=O) groups is 1. The van der Waals surface area contributed by atoms with Gasteiger partial charge in [-0.15, -0.1) is 0 Å². The summed E-state index contributed by atoms with van der Waals surface area (Å²) in [4.78, 5) is 27.4. The van der Waals surface area contributed by atoms with Crippen LogP contribution in [0, 0.1) is 21.4 Å². The molecule has 0 aliphatic rings. The molecule has 0 aliphatic carbocycles. The van der Waals surface area contributed by atoms with E-state index in [2.05, 4.69) is 11.1 Å². The van der Waals surface area contributed by atoms with Gasteiger partial charge in [0, 0.05) is 27.9 Å². The van der Waals surface area contributed by atoms with Gasteiger partial charge in [-0.3, -0.25) is 19.9 Å². The van der Waals surface area contributed by atoms with Crippen molar-refractivity contribution in [2.24, 2.45) is 0 Å². The fourth-order valence-corrected chi connectivity index (χ4v) is 4.38. The molecule has 0 saturated heterocycles. The smallest absolute Gasteiger partial charge is 0.308 e. The zero-order valence-corrected chi connectivity index (χ0v) is 17.8. The molecule has 1 N–H and O–H groups in total. The van der Waals surface area contributed by atoms with Gasteiger partial charge in [-0.25, -0.2) is 0 Å². The highest BCUT2D eigenvalue weighted by Crippen LogP contribution is 2.41. The number of aromatic nitrogens is 1. The van der Waals surface area contributed by atoms with Crippen LogP contribution in [0.5, 0.6) is 11.5 Å². The van der Waals surface area contributed by atoms with Gasteiger partial charge in [-0.2, -0.15) is 5.26 Å². The number of nitrogens with zero attached hydrogens (tertiary/aromatic N) is 3. The number of fused-ring (bicyclic) bond motifs is 1. The van der Waals surface area contributed by atoms with Crippen molar-refractivity contribution in [3.05, 3.63) is 94.3 Å². The van der Waals surface area contributed by atoms with Crippen LogP contribution in [0.3, 0.4) is 0 Å². The van der Waals surface area contributed by atoms with E-state index in [0.29, 0.717) is 26.9 Å². The lowest BCUT2D eigenvalue weighted by atomic mass is 10.0. The van der Waals surface area contributed by atoms with Crippen LogP contribution in [0.25, 0.3) is 10.8 Å². The summed E-state index contributed by atoms with van der Waals surface area (Å²) in [7, 11) is 0. The van der Waals surface area contributed by atoms with E-state index in [1.165, 1.54) is 18.3 Å². The lowest BCUT2D eigenvalue weighted by Crippen LogP contribution is -2.05. The molecule has 0 spiro atoms. The maximum atomic E-state index is 11.4. The highest BCUT2D eigenvalue weighted by Gasteiger charge is 2.21. The number of pyridine rings is 1. The van der Waals surface area contributed by atoms with E-state index >= 15 is 0 Å². The second-order valence-electron chi connectivity index (χ2n) is 6.88. The molecule has 1 aromatic heterocycles. The van der Waals surface area contributed by atoms with Crippen molar-refractivity contribution in [1.82, 2.24) is 4.98 Å². The number of hydrogen-bond donors (Lipinski definition) is 1. The van der Waals surface area contributed by atoms with Crippen molar-refractivity contribution in [3.8, 4) is 17.6 Å². The molecule has 4 aromatic rings. The Morgan fingerprint density at radius 2 is 1.85 bits per heavy atom.